The van der Waals surface area contributed by atoms with Crippen molar-refractivity contribution in [1.82, 2.24) is 19.7 Å². The Bertz CT molecular complexity index is 1280. The normalized spacial score (nSPS) is 23.4. The number of rotatable bonds is 5. The molecule has 2 N–H and O–H groups in total. The Labute approximate surface area is 207 Å². The summed E-state index contributed by atoms with van der Waals surface area (Å²) < 4.78 is 28.6. The first kappa shape index (κ1) is 24.4. The fraction of sp³-hybridized carbons (Fsp3) is 0.500. The molecule has 0 bridgehead atoms. The number of fused-ring (bicyclic) bond motifs is 4. The van der Waals surface area contributed by atoms with Crippen molar-refractivity contribution < 1.29 is 23.5 Å². The van der Waals surface area contributed by atoms with Crippen LogP contribution in [0.3, 0.4) is 0 Å². The van der Waals surface area contributed by atoms with E-state index in [1.54, 1.807) is 0 Å². The van der Waals surface area contributed by atoms with Crippen molar-refractivity contribution in [2.24, 2.45) is 11.8 Å². The largest absolute Gasteiger partial charge is 0.503 e. The third-order valence-electron chi connectivity index (χ3n) is 7.54. The SMILES string of the molecule is CC(C)CN1C[C@@H]2CCCC2N2C(=O)c3c(O)c(=O)c(C(=O)NCc4ccc(F)cc4F)cn3C[C@@H]12. The maximum Gasteiger partial charge on any atom is 0.276 e. The standard InChI is InChI=1S/C26H30F2N4O4/c1-14(2)10-30-11-16-4-3-5-20(16)32-21(30)13-31-12-18(23(33)24(34)22(31)26(32)36)25(35)29-9-15-6-7-17(27)8-19(15)28/h6-8,12,14,16,20-21,34H,3-5,9-11,13H2,1-2H3,(H,29,35)/t16-,20?,21-/m0/s1. The van der Waals surface area contributed by atoms with Gasteiger partial charge in [-0.3, -0.25) is 19.3 Å². The van der Waals surface area contributed by atoms with Gasteiger partial charge in [0.2, 0.25) is 5.43 Å². The van der Waals surface area contributed by atoms with Crippen LogP contribution in [-0.2, 0) is 13.1 Å². The number of aromatic hydroxyl groups is 1. The molecule has 1 saturated carbocycles. The maximum absolute atomic E-state index is 13.9. The van der Waals surface area contributed by atoms with Crippen molar-refractivity contribution in [2.45, 2.75) is 58.4 Å². The molecule has 36 heavy (non-hydrogen) atoms. The second-order valence-electron chi connectivity index (χ2n) is 10.4. The van der Waals surface area contributed by atoms with Crippen LogP contribution in [0.5, 0.6) is 5.75 Å². The van der Waals surface area contributed by atoms with Gasteiger partial charge in [-0.15, -0.1) is 0 Å². The Morgan fingerprint density at radius 2 is 1.97 bits per heavy atom. The van der Waals surface area contributed by atoms with Crippen molar-refractivity contribution in [3.8, 4) is 5.75 Å². The lowest BCUT2D eigenvalue weighted by atomic mass is 9.93. The minimum Gasteiger partial charge on any atom is -0.503 e. The number of carbonyl (C=O) groups excluding carboxylic acids is 2. The number of nitrogens with one attached hydrogen (secondary N) is 1. The monoisotopic (exact) mass is 500 g/mol. The summed E-state index contributed by atoms with van der Waals surface area (Å²) in [7, 11) is 0. The van der Waals surface area contributed by atoms with Gasteiger partial charge < -0.3 is 19.9 Å². The molecule has 2 aliphatic heterocycles. The fourth-order valence-corrected chi connectivity index (χ4v) is 5.98. The van der Waals surface area contributed by atoms with Crippen LogP contribution in [0, 0.1) is 23.5 Å². The predicted molar refractivity (Wildman–Crippen MR) is 127 cm³/mol. The number of hydrogen-bond acceptors (Lipinski definition) is 5. The molecule has 3 atom stereocenters. The van der Waals surface area contributed by atoms with Crippen LogP contribution in [0.1, 0.15) is 59.5 Å². The van der Waals surface area contributed by atoms with Gasteiger partial charge in [-0.05, 0) is 30.7 Å². The Kier molecular flexibility index (Phi) is 6.32. The summed E-state index contributed by atoms with van der Waals surface area (Å²) in [5, 5.41) is 13.2. The molecule has 2 amide bonds. The van der Waals surface area contributed by atoms with Gasteiger partial charge in [0, 0.05) is 43.5 Å². The Hall–Kier alpha value is -3.27. The highest BCUT2D eigenvalue weighted by Gasteiger charge is 2.49. The van der Waals surface area contributed by atoms with Crippen molar-refractivity contribution >= 4 is 11.8 Å². The van der Waals surface area contributed by atoms with Gasteiger partial charge >= 0.3 is 0 Å². The number of amides is 2. The third-order valence-corrected chi connectivity index (χ3v) is 7.54. The van der Waals surface area contributed by atoms with E-state index in [-0.39, 0.29) is 35.6 Å². The van der Waals surface area contributed by atoms with Crippen molar-refractivity contribution in [3.05, 3.63) is 63.1 Å². The van der Waals surface area contributed by atoms with Crippen LogP contribution in [0.25, 0.3) is 0 Å². The highest BCUT2D eigenvalue weighted by molar-refractivity contribution is 5.99. The molecule has 192 valence electrons. The Morgan fingerprint density at radius 3 is 2.69 bits per heavy atom. The first-order chi connectivity index (χ1) is 17.2. The number of nitrogens with zero attached hydrogens (tertiary/aromatic N) is 3. The summed E-state index contributed by atoms with van der Waals surface area (Å²) in [5.41, 5.74) is -1.35. The number of benzene rings is 1. The molecule has 3 heterocycles. The minimum atomic E-state index is -0.954. The summed E-state index contributed by atoms with van der Waals surface area (Å²) in [4.78, 5) is 43.6. The van der Waals surface area contributed by atoms with Gasteiger partial charge in [-0.1, -0.05) is 26.3 Å². The molecule has 3 aliphatic rings. The number of aromatic nitrogens is 1. The average Bonchev–Trinajstić information content (AvgIpc) is 3.28. The number of pyridine rings is 1. The third kappa shape index (κ3) is 4.17. The van der Waals surface area contributed by atoms with E-state index in [0.29, 0.717) is 24.4 Å². The minimum absolute atomic E-state index is 0.0514. The lowest BCUT2D eigenvalue weighted by Crippen LogP contribution is -2.66. The lowest BCUT2D eigenvalue weighted by molar-refractivity contribution is -0.0580. The van der Waals surface area contributed by atoms with Crippen LogP contribution in [0.2, 0.25) is 0 Å². The highest BCUT2D eigenvalue weighted by atomic mass is 19.1. The molecule has 8 nitrogen and oxygen atoms in total. The van der Waals surface area contributed by atoms with Crippen molar-refractivity contribution in [3.63, 3.8) is 0 Å². The molecular formula is C26H30F2N4O4. The molecule has 0 radical (unpaired) electrons. The van der Waals surface area contributed by atoms with Crippen molar-refractivity contribution in [2.75, 3.05) is 13.1 Å². The van der Waals surface area contributed by atoms with Gasteiger partial charge in [0.1, 0.15) is 23.4 Å². The van der Waals surface area contributed by atoms with Gasteiger partial charge in [0.25, 0.3) is 11.8 Å². The van der Waals surface area contributed by atoms with Crippen LogP contribution in [-0.4, -0.2) is 56.6 Å². The van der Waals surface area contributed by atoms with E-state index in [4.69, 9.17) is 0 Å². The summed E-state index contributed by atoms with van der Waals surface area (Å²) in [5.74, 6) is -2.78. The van der Waals surface area contributed by atoms with Crippen LogP contribution < -0.4 is 10.7 Å². The molecule has 2 aromatic rings. The van der Waals surface area contributed by atoms with Gasteiger partial charge in [0.05, 0.1) is 6.54 Å². The second-order valence-corrected chi connectivity index (χ2v) is 10.4. The molecule has 1 aromatic carbocycles. The topological polar surface area (TPSA) is 94.9 Å². The van der Waals surface area contributed by atoms with Crippen LogP contribution in [0.4, 0.5) is 8.78 Å². The van der Waals surface area contributed by atoms with Gasteiger partial charge in [-0.25, -0.2) is 8.78 Å². The summed E-state index contributed by atoms with van der Waals surface area (Å²) >= 11 is 0. The molecule has 10 heteroatoms. The maximum atomic E-state index is 13.9. The first-order valence-corrected chi connectivity index (χ1v) is 12.4. The van der Waals surface area contributed by atoms with Crippen LogP contribution >= 0.6 is 0 Å². The van der Waals surface area contributed by atoms with E-state index in [9.17, 15) is 28.3 Å². The molecule has 0 spiro atoms. The molecule has 1 unspecified atom stereocenters. The van der Waals surface area contributed by atoms with E-state index in [2.05, 4.69) is 24.1 Å². The Balaban J connectivity index is 1.46. The molecule has 5 rings (SSSR count). The summed E-state index contributed by atoms with van der Waals surface area (Å²) in [6.07, 6.45) is 4.04. The smallest absolute Gasteiger partial charge is 0.276 e. The number of halogens is 2. The van der Waals surface area contributed by atoms with E-state index in [0.717, 1.165) is 38.4 Å². The molecule has 1 aromatic heterocycles. The molecule has 1 saturated heterocycles. The lowest BCUT2D eigenvalue weighted by Gasteiger charge is -2.53. The first-order valence-electron chi connectivity index (χ1n) is 12.4. The number of carbonyl (C=O) groups is 2. The molecule has 1 aliphatic carbocycles. The average molecular weight is 501 g/mol. The zero-order valence-electron chi connectivity index (χ0n) is 20.3. The quantitative estimate of drug-likeness (QED) is 0.659. The van der Waals surface area contributed by atoms with Crippen molar-refractivity contribution in [1.29, 1.82) is 0 Å². The van der Waals surface area contributed by atoms with E-state index in [1.807, 2.05) is 4.90 Å². The fourth-order valence-electron chi connectivity index (χ4n) is 5.98. The predicted octanol–water partition coefficient (Wildman–Crippen LogP) is 2.68. The summed E-state index contributed by atoms with van der Waals surface area (Å²) in [6.45, 7) is 5.98. The van der Waals surface area contributed by atoms with Crippen LogP contribution in [0.15, 0.2) is 29.2 Å². The van der Waals surface area contributed by atoms with E-state index >= 15 is 0 Å². The second kappa shape index (κ2) is 9.31. The summed E-state index contributed by atoms with van der Waals surface area (Å²) in [6, 6.07) is 3.06. The Morgan fingerprint density at radius 1 is 1.19 bits per heavy atom. The highest BCUT2D eigenvalue weighted by Crippen LogP contribution is 2.40. The molecular weight excluding hydrogens is 470 g/mol. The van der Waals surface area contributed by atoms with Gasteiger partial charge in [0.15, 0.2) is 11.4 Å². The molecule has 2 fully saturated rings. The van der Waals surface area contributed by atoms with E-state index in [1.165, 1.54) is 16.8 Å². The zero-order valence-corrected chi connectivity index (χ0v) is 20.3. The van der Waals surface area contributed by atoms with Gasteiger partial charge in [-0.2, -0.15) is 0 Å². The number of hydrogen-bond donors (Lipinski definition) is 2. The van der Waals surface area contributed by atoms with E-state index < -0.39 is 34.6 Å². The zero-order chi connectivity index (χ0) is 25.7.